The second-order valence-corrected chi connectivity index (χ2v) is 31.9. The molecule has 0 aliphatic carbocycles. The van der Waals surface area contributed by atoms with Crippen molar-refractivity contribution in [2.45, 2.75) is 60.1 Å². The summed E-state index contributed by atoms with van der Waals surface area (Å²) in [5, 5.41) is 42.7. The summed E-state index contributed by atoms with van der Waals surface area (Å²) in [6, 6.07) is 50.4. The molecule has 0 saturated carbocycles. The Morgan fingerprint density at radius 3 is 1.49 bits per heavy atom. The molecule has 29 nitrogen and oxygen atoms in total. The Morgan fingerprint density at radius 2 is 1.02 bits per heavy atom. The zero-order valence-electron chi connectivity index (χ0n) is 68.4. The first-order chi connectivity index (χ1) is 58.9. The molecular formula is C88H85Br2N15O14S4. The number of hydrogen-bond donors (Lipinski definition) is 6. The molecule has 8 N–H and O–H groups in total. The SMILES string of the molecule is CC(CN)NC(=O)OC(C)(C)C.COC(=O)CS.COC(=O)c1sc2ccc3ncccc3c2c1Br.COC(=O)c1sc2ccc3ncccc3c2c1N.COC(=O)c1sc2ccc3ncccc3c2c1NCC(C)C.N#Cc1c(Br)ccc2ncccc12.N#Cc1c(N)ccc2ncccc12.O=[N+]([O-])c1ccc2ncccc2c1.[C-]#[N+]CC(=O)OCC. The normalized spacial score (nSPS) is 10.6. The smallest absolute Gasteiger partial charge is 0.407 e. The van der Waals surface area contributed by atoms with Crippen LogP contribution in [-0.2, 0) is 38.0 Å². The summed E-state index contributed by atoms with van der Waals surface area (Å²) in [6.45, 7) is 20.9. The lowest BCUT2D eigenvalue weighted by Crippen LogP contribution is -2.41. The second kappa shape index (κ2) is 47.7. The highest BCUT2D eigenvalue weighted by Gasteiger charge is 2.24. The van der Waals surface area contributed by atoms with Gasteiger partial charge in [-0.1, -0.05) is 38.1 Å². The number of pyridine rings is 6. The van der Waals surface area contributed by atoms with E-state index in [-0.39, 0.29) is 41.9 Å². The number of carbonyl (C=O) groups is 6. The molecule has 0 fully saturated rings. The van der Waals surface area contributed by atoms with Crippen LogP contribution in [0.2, 0.25) is 0 Å². The van der Waals surface area contributed by atoms with Crippen molar-refractivity contribution < 1.29 is 62.1 Å². The van der Waals surface area contributed by atoms with Gasteiger partial charge in [-0.15, -0.1) is 34.0 Å². The van der Waals surface area contributed by atoms with Gasteiger partial charge in [-0.3, -0.25) is 44.8 Å². The van der Waals surface area contributed by atoms with Crippen LogP contribution in [0.1, 0.15) is 88.6 Å². The van der Waals surface area contributed by atoms with E-state index in [2.05, 4.69) is 125 Å². The van der Waals surface area contributed by atoms with Gasteiger partial charge in [0.25, 0.3) is 5.69 Å². The lowest BCUT2D eigenvalue weighted by molar-refractivity contribution is -0.384. The van der Waals surface area contributed by atoms with Crippen molar-refractivity contribution in [3.05, 3.63) is 245 Å². The van der Waals surface area contributed by atoms with E-state index in [0.717, 1.165) is 117 Å². The molecule has 15 rings (SSSR count). The van der Waals surface area contributed by atoms with Gasteiger partial charge in [0, 0.05) is 135 Å². The number of halogens is 2. The van der Waals surface area contributed by atoms with E-state index >= 15 is 0 Å². The number of aromatic nitrogens is 6. The maximum absolute atomic E-state index is 12.1. The highest BCUT2D eigenvalue weighted by Crippen LogP contribution is 2.43. The summed E-state index contributed by atoms with van der Waals surface area (Å²) in [5.74, 6) is -1.11. The van der Waals surface area contributed by atoms with Crippen LogP contribution in [0.4, 0.5) is 27.5 Å². The summed E-state index contributed by atoms with van der Waals surface area (Å²) in [7, 11) is 5.49. The number of ether oxygens (including phenoxy) is 6. The van der Waals surface area contributed by atoms with Gasteiger partial charge >= 0.3 is 42.5 Å². The molecule has 0 saturated heterocycles. The molecule has 0 aliphatic rings. The van der Waals surface area contributed by atoms with Gasteiger partial charge in [-0.2, -0.15) is 23.2 Å². The molecule has 0 spiro atoms. The number of nitro benzene ring substituents is 1. The fraction of sp³-hybridized carbons (Fsp3) is 0.216. The monoisotopic (exact) mass is 1860 g/mol. The van der Waals surface area contributed by atoms with Crippen molar-refractivity contribution in [3.63, 3.8) is 0 Å². The minimum atomic E-state index is -0.446. The summed E-state index contributed by atoms with van der Waals surface area (Å²) >= 11 is 14.7. The Morgan fingerprint density at radius 1 is 0.585 bits per heavy atom. The van der Waals surface area contributed by atoms with E-state index in [1.165, 1.54) is 74.6 Å². The van der Waals surface area contributed by atoms with Gasteiger partial charge in [0.1, 0.15) is 32.4 Å². The first-order valence-corrected chi connectivity index (χ1v) is 41.7. The van der Waals surface area contributed by atoms with Gasteiger partial charge < -0.3 is 61.1 Å². The quantitative estimate of drug-likeness (QED) is 0.0126. The topological polar surface area (TPSA) is 432 Å². The Balaban J connectivity index is 0.000000194. The molecule has 15 aromatic rings. The number of alkyl carbamates (subject to hydrolysis) is 1. The lowest BCUT2D eigenvalue weighted by atomic mass is 10.1. The third-order valence-corrected chi connectivity index (χ3v) is 22.0. The number of thiol groups is 1. The number of esters is 5. The van der Waals surface area contributed by atoms with Crippen molar-refractivity contribution in [2.24, 2.45) is 11.7 Å². The number of fused-ring (bicyclic) bond motifs is 12. The fourth-order valence-corrected chi connectivity index (χ4v) is 15.8. The molecule has 0 radical (unpaired) electrons. The number of non-ortho nitro benzene ring substituents is 1. The molecular weight excluding hydrogens is 1780 g/mol. The second-order valence-electron chi connectivity index (χ2n) is 26.8. The van der Waals surface area contributed by atoms with Crippen molar-refractivity contribution in [1.82, 2.24) is 35.2 Å². The van der Waals surface area contributed by atoms with Crippen molar-refractivity contribution in [1.29, 1.82) is 10.5 Å². The molecule has 35 heteroatoms. The van der Waals surface area contributed by atoms with Crippen LogP contribution in [0.25, 0.3) is 101 Å². The van der Waals surface area contributed by atoms with Crippen LogP contribution in [0.5, 0.6) is 0 Å². The molecule has 123 heavy (non-hydrogen) atoms. The number of nitrogens with zero attached hydrogens (tertiary/aromatic N) is 10. The average molecular weight is 1860 g/mol. The van der Waals surface area contributed by atoms with Crippen molar-refractivity contribution in [3.8, 4) is 12.1 Å². The number of benzene rings is 6. The van der Waals surface area contributed by atoms with E-state index in [4.69, 9.17) is 53.2 Å². The highest BCUT2D eigenvalue weighted by molar-refractivity contribution is 9.11. The number of amides is 1. The predicted octanol–water partition coefficient (Wildman–Crippen LogP) is 19.2. The van der Waals surface area contributed by atoms with E-state index in [0.29, 0.717) is 56.2 Å². The largest absolute Gasteiger partial charge is 0.468 e. The minimum Gasteiger partial charge on any atom is -0.468 e. The molecule has 6 aromatic carbocycles. The molecule has 9 heterocycles. The van der Waals surface area contributed by atoms with Crippen LogP contribution in [0, 0.1) is 45.3 Å². The predicted molar refractivity (Wildman–Crippen MR) is 496 cm³/mol. The summed E-state index contributed by atoms with van der Waals surface area (Å²) in [5.41, 5.74) is 24.8. The van der Waals surface area contributed by atoms with Crippen LogP contribution < -0.4 is 27.8 Å². The van der Waals surface area contributed by atoms with E-state index in [9.17, 15) is 38.9 Å². The highest BCUT2D eigenvalue weighted by atomic mass is 79.9. The minimum absolute atomic E-state index is 0.0418. The number of nitro groups is 1. The lowest BCUT2D eigenvalue weighted by Gasteiger charge is -2.21. The zero-order chi connectivity index (χ0) is 90.0. The average Bonchev–Trinajstić information content (AvgIpc) is 1.63. The molecule has 1 amide bonds. The number of rotatable bonds is 12. The van der Waals surface area contributed by atoms with Gasteiger partial charge in [0.15, 0.2) is 0 Å². The summed E-state index contributed by atoms with van der Waals surface area (Å²) in [6.07, 6.45) is 9.93. The number of nitrogens with two attached hydrogens (primary N) is 3. The van der Waals surface area contributed by atoms with Gasteiger partial charge in [-0.05, 0) is 188 Å². The molecule has 0 bridgehead atoms. The van der Waals surface area contributed by atoms with Crippen LogP contribution in [0.15, 0.2) is 198 Å². The maximum Gasteiger partial charge on any atom is 0.407 e. The van der Waals surface area contributed by atoms with E-state index in [1.807, 2.05) is 137 Å². The number of nitrogen functional groups attached to an aromatic ring is 2. The van der Waals surface area contributed by atoms with E-state index < -0.39 is 28.6 Å². The number of nitriles is 2. The summed E-state index contributed by atoms with van der Waals surface area (Å²) in [4.78, 5) is 106. The number of thiophene rings is 3. The Hall–Kier alpha value is -13.2. The third kappa shape index (κ3) is 26.9. The van der Waals surface area contributed by atoms with E-state index in [1.54, 1.807) is 74.4 Å². The standard InChI is InChI=1S/C17H18N2O2S.C13H8BrNO2S.C13H10N2O2S.C10H5BrN2.C10H7N3.C9H6N2O2.C8H18N2O2.C5H7NO2.C3H6O2S/c1-10(2)9-19-15-14-11-5-4-8-18-12(11)6-7-13(14)22-16(15)17(20)21-3;2*1-17-13(16)12-11(14)10-7-3-2-6-15-8(7)4-5-9(10)18-12;11-9-3-4-10-7(8(9)6-12)2-1-5-13-10;11-6-8-7-2-1-5-13-10(7)4-3-9(8)12;12-11(13)8-3-4-9-7(6-8)2-1-5-10-9;1-6(5-9)10-7(11)12-8(2,3)4;1-3-8-5(7)4-6-2;1-5-3(4)2-6/h4-8,10,19H,9H2,1-3H3;2-6H,1H3;2-6H,14H2,1H3;1-5H;1-5H,12H2;1-6H;6H,5,9H2,1-4H3,(H,10,11);3-4H2,1H3;6H,2H2,1H3. The van der Waals surface area contributed by atoms with Gasteiger partial charge in [-0.25, -0.2) is 30.5 Å². The fourth-order valence-electron chi connectivity index (χ4n) is 11.0. The Labute approximate surface area is 741 Å². The van der Waals surface area contributed by atoms with Gasteiger partial charge in [0.2, 0.25) is 0 Å². The number of methoxy groups -OCH3 is 4. The first kappa shape index (κ1) is 96.9. The van der Waals surface area contributed by atoms with Crippen LogP contribution in [0.3, 0.4) is 0 Å². The zero-order valence-corrected chi connectivity index (χ0v) is 75.0. The molecule has 1 atom stereocenters. The maximum atomic E-state index is 12.1. The van der Waals surface area contributed by atoms with Crippen molar-refractivity contribution >= 4 is 233 Å². The van der Waals surface area contributed by atoms with Crippen LogP contribution in [-0.4, -0.2) is 143 Å². The Kier molecular flexibility index (Phi) is 37.6. The number of hydrogen-bond acceptors (Lipinski definition) is 30. The number of carbonyl (C=O) groups excluding carboxylic acids is 6. The molecule has 634 valence electrons. The van der Waals surface area contributed by atoms with Crippen LogP contribution >= 0.6 is 78.5 Å². The van der Waals surface area contributed by atoms with Gasteiger partial charge in [0.05, 0.1) is 111 Å². The number of nitrogens with one attached hydrogen (secondary N) is 2. The first-order valence-electron chi connectivity index (χ1n) is 37.1. The van der Waals surface area contributed by atoms with Crippen molar-refractivity contribution in [2.75, 3.05) is 77.2 Å². The molecule has 1 unspecified atom stereocenters. The Bertz CT molecular complexity index is 6190. The molecule has 0 aliphatic heterocycles. The third-order valence-electron chi connectivity index (χ3n) is 16.6. The number of anilines is 3. The summed E-state index contributed by atoms with van der Waals surface area (Å²) < 4.78 is 32.8. The molecule has 9 aromatic heterocycles.